The molecule has 14 heterocycles. The molecule has 8 aliphatic carbocycles. The average molecular weight is 1140 g/mol. The lowest BCUT2D eigenvalue weighted by Gasteiger charge is -2.64. The summed E-state index contributed by atoms with van der Waals surface area (Å²) in [5, 5.41) is 31.8. The molecule has 0 radical (unpaired) electrons. The first-order valence-corrected chi connectivity index (χ1v) is 33.9. The number of rotatable bonds is 6. The van der Waals surface area contributed by atoms with Crippen LogP contribution in [-0.4, -0.2) is 46.4 Å². The van der Waals surface area contributed by atoms with E-state index in [-0.39, 0.29) is 69.7 Å². The first-order valence-electron chi connectivity index (χ1n) is 33.9. The van der Waals surface area contributed by atoms with Crippen molar-refractivity contribution in [2.24, 2.45) is 92.7 Å². The highest BCUT2D eigenvalue weighted by molar-refractivity contribution is 5.76. The number of aliphatic hydroxyl groups excluding tert-OH is 2. The summed E-state index contributed by atoms with van der Waals surface area (Å²) in [6, 6.07) is 39.7. The molecule has 20 bridgehead atoms. The number of nitrogens with one attached hydrogen (secondary N) is 2. The molecule has 14 aliphatic heterocycles. The number of aliphatic hydroxyl groups is 2. The number of hydrogen-bond donors (Lipinski definition) is 4. The van der Waals surface area contributed by atoms with Gasteiger partial charge in [0.05, 0.1) is 37.6 Å². The van der Waals surface area contributed by atoms with Gasteiger partial charge in [0.1, 0.15) is 0 Å². The van der Waals surface area contributed by atoms with Gasteiger partial charge in [-0.3, -0.25) is 9.59 Å². The first-order chi connectivity index (χ1) is 40.5. The van der Waals surface area contributed by atoms with Crippen LogP contribution in [0.1, 0.15) is 202 Å². The maximum absolute atomic E-state index is 13.8. The molecule has 2 amide bonds. The molecule has 0 spiro atoms. The lowest BCUT2D eigenvalue weighted by Crippen LogP contribution is -2.62. The van der Waals surface area contributed by atoms with Crippen molar-refractivity contribution in [3.05, 3.63) is 143 Å². The molecule has 22 aliphatic rings. The molecule has 0 aromatic heterocycles. The Morgan fingerprint density at radius 1 is 0.452 bits per heavy atom. The quantitative estimate of drug-likeness (QED) is 0.153. The molecule has 18 unspecified atom stereocenters. The number of ether oxygens (including phenoxy) is 2. The fourth-order valence-corrected chi connectivity index (χ4v) is 22.4. The molecular weight excluding hydrogens is 1040 g/mol. The first kappa shape index (κ1) is 58.7. The van der Waals surface area contributed by atoms with E-state index in [1.165, 1.54) is 22.3 Å². The molecule has 4 aromatic carbocycles. The van der Waals surface area contributed by atoms with Crippen molar-refractivity contribution >= 4 is 11.8 Å². The molecular formula is C76H102N2O6. The zero-order valence-corrected chi connectivity index (χ0v) is 51.9. The minimum atomic E-state index is -0.327. The third-order valence-electron chi connectivity index (χ3n) is 27.2. The monoisotopic (exact) mass is 1140 g/mol. The molecule has 84 heavy (non-hydrogen) atoms. The van der Waals surface area contributed by atoms with Crippen LogP contribution in [0.15, 0.2) is 109 Å². The van der Waals surface area contributed by atoms with Gasteiger partial charge in [-0.05, 0) is 230 Å². The number of hydrogen-bond acceptors (Lipinski definition) is 6. The van der Waals surface area contributed by atoms with Gasteiger partial charge < -0.3 is 30.3 Å². The van der Waals surface area contributed by atoms with Crippen LogP contribution >= 0.6 is 0 Å². The Morgan fingerprint density at radius 3 is 1.23 bits per heavy atom. The van der Waals surface area contributed by atoms with Crippen molar-refractivity contribution in [1.29, 1.82) is 0 Å². The third kappa shape index (κ3) is 10.6. The highest BCUT2D eigenvalue weighted by atomic mass is 16.5. The Bertz CT molecular complexity index is 2720. The lowest BCUT2D eigenvalue weighted by molar-refractivity contribution is -0.216. The number of carbonyl (C=O) groups is 2. The maximum Gasteiger partial charge on any atom is 0.220 e. The van der Waals surface area contributed by atoms with E-state index in [1.807, 2.05) is 0 Å². The van der Waals surface area contributed by atoms with Crippen LogP contribution in [0.4, 0.5) is 0 Å². The average Bonchev–Trinajstić information content (AvgIpc) is 1.33. The van der Waals surface area contributed by atoms with Crippen molar-refractivity contribution in [2.75, 3.05) is 0 Å². The Hall–Kier alpha value is -4.34. The minimum absolute atomic E-state index is 0.0741. The van der Waals surface area contributed by atoms with Gasteiger partial charge in [-0.1, -0.05) is 151 Å². The highest BCUT2D eigenvalue weighted by Gasteiger charge is 2.68. The molecule has 8 fully saturated rings. The van der Waals surface area contributed by atoms with E-state index in [0.717, 1.165) is 114 Å². The largest absolute Gasteiger partial charge is 0.393 e. The summed E-state index contributed by atoms with van der Waals surface area (Å²) in [5.74, 6) is 5.58. The second-order valence-corrected chi connectivity index (χ2v) is 30.7. The van der Waals surface area contributed by atoms with E-state index < -0.39 is 0 Å². The van der Waals surface area contributed by atoms with Crippen molar-refractivity contribution in [2.45, 2.75) is 220 Å². The lowest BCUT2D eigenvalue weighted by atomic mass is 9.42. The van der Waals surface area contributed by atoms with Crippen molar-refractivity contribution in [3.8, 4) is 0 Å². The van der Waals surface area contributed by atoms with E-state index in [2.05, 4.69) is 161 Å². The van der Waals surface area contributed by atoms with Gasteiger partial charge >= 0.3 is 0 Å². The standard InChI is InChI=1S/C76H102N2O6/c1-47-17-31-69(81)77-43-49-19-23-53(24-20-49)56-34-36-74(4)58(38-56)40-66(80)72-62-30-28-60(76(62,6)68(42-64(72)74)84-46-52-15-11-8-12-16-52)48(2)18-32-70(82)78-44-50-21-25-54(26-22-50)55-33-35-73(3)57(37-55)39-65(79)71-61-29-27-59(47)75(61,5)67(41-63(71)73)83-45-51-13-9-7-10-14-51/h7-16,19-26,47-48,55-68,71-72,79-80H,17-18,27-46H2,1-6H3,(H,77,81)(H,78,82)/t47?,48?,55-,56+,57?,58?,59-,60?,61+,62?,63?,64?,65?,66?,67?,68?,71?,72?,73?,74?,75?,76?/m1/s1. The maximum atomic E-state index is 13.8. The van der Waals surface area contributed by atoms with Gasteiger partial charge in [0.2, 0.25) is 11.8 Å². The topological polar surface area (TPSA) is 117 Å². The number of amides is 2. The van der Waals surface area contributed by atoms with Crippen LogP contribution in [0.5, 0.6) is 0 Å². The van der Waals surface area contributed by atoms with Crippen molar-refractivity contribution in [3.63, 3.8) is 0 Å². The predicted molar refractivity (Wildman–Crippen MR) is 333 cm³/mol. The van der Waals surface area contributed by atoms with Gasteiger partial charge in [0, 0.05) is 36.8 Å². The summed E-state index contributed by atoms with van der Waals surface area (Å²) < 4.78 is 14.6. The summed E-state index contributed by atoms with van der Waals surface area (Å²) in [6.45, 7) is 17.3. The Balaban J connectivity index is 0.758. The third-order valence-corrected chi connectivity index (χ3v) is 27.2. The predicted octanol–water partition coefficient (Wildman–Crippen LogP) is 15.3. The Labute approximate surface area is 504 Å². The van der Waals surface area contributed by atoms with Crippen LogP contribution in [0, 0.1) is 92.7 Å². The number of benzene rings is 4. The van der Waals surface area contributed by atoms with Crippen LogP contribution in [-0.2, 0) is 45.4 Å². The second kappa shape index (κ2) is 23.6. The summed E-state index contributed by atoms with van der Waals surface area (Å²) in [7, 11) is 0. The fourth-order valence-electron chi connectivity index (χ4n) is 22.4. The van der Waals surface area contributed by atoms with Gasteiger partial charge in [-0.25, -0.2) is 0 Å². The molecule has 8 nitrogen and oxygen atoms in total. The van der Waals surface area contributed by atoms with Crippen LogP contribution in [0.3, 0.4) is 0 Å². The zero-order chi connectivity index (χ0) is 58.1. The van der Waals surface area contributed by atoms with E-state index in [9.17, 15) is 19.8 Å². The van der Waals surface area contributed by atoms with Crippen LogP contribution in [0.2, 0.25) is 0 Å². The van der Waals surface area contributed by atoms with E-state index in [0.29, 0.717) is 110 Å². The van der Waals surface area contributed by atoms with E-state index >= 15 is 0 Å². The Kier molecular flexibility index (Phi) is 16.5. The number of carbonyl (C=O) groups excluding carboxylic acids is 2. The molecule has 452 valence electrons. The van der Waals surface area contributed by atoms with Crippen molar-refractivity contribution in [1.82, 2.24) is 10.6 Å². The summed E-state index contributed by atoms with van der Waals surface area (Å²) in [5.41, 5.74) is 7.53. The van der Waals surface area contributed by atoms with Gasteiger partial charge in [0.25, 0.3) is 0 Å². The molecule has 4 N–H and O–H groups in total. The molecule has 0 saturated heterocycles. The smallest absolute Gasteiger partial charge is 0.220 e. The van der Waals surface area contributed by atoms with Gasteiger partial charge in [0.15, 0.2) is 0 Å². The second-order valence-electron chi connectivity index (χ2n) is 30.7. The van der Waals surface area contributed by atoms with Gasteiger partial charge in [-0.15, -0.1) is 0 Å². The van der Waals surface area contributed by atoms with Crippen molar-refractivity contribution < 1.29 is 29.3 Å². The summed E-state index contributed by atoms with van der Waals surface area (Å²) in [6.07, 6.45) is 17.2. The normalized spacial score (nSPS) is 43.1. The Morgan fingerprint density at radius 2 is 0.833 bits per heavy atom. The summed E-state index contributed by atoms with van der Waals surface area (Å²) >= 11 is 0. The van der Waals surface area contributed by atoms with Gasteiger partial charge in [-0.2, -0.15) is 0 Å². The molecule has 26 rings (SSSR count). The van der Waals surface area contributed by atoms with E-state index in [4.69, 9.17) is 9.47 Å². The zero-order valence-electron chi connectivity index (χ0n) is 51.9. The summed E-state index contributed by atoms with van der Waals surface area (Å²) in [4.78, 5) is 27.7. The van der Waals surface area contributed by atoms with E-state index in [1.54, 1.807) is 0 Å². The molecule has 4 aromatic rings. The van der Waals surface area contributed by atoms with Crippen LogP contribution < -0.4 is 10.6 Å². The van der Waals surface area contributed by atoms with Crippen LogP contribution in [0.25, 0.3) is 0 Å². The SMILES string of the molecule is CC1CCC(=O)NCc2ccc(cc2)[C@@H]2CCC3(C)C(CC(O)C4C3CC(OCc3ccccc3)C3(C)[C@H](CC[C@@H]43)C(C)CCC(=O)NCc3ccc(cc3)[C@H]3CCC4(C)C(CC(O)C5C4CC(OCc4ccccc4)C4(C)C1CCC54)C3)C2. The molecule has 8 heteroatoms. The molecule has 22 atom stereocenters. The minimum Gasteiger partial charge on any atom is -0.393 e. The highest BCUT2D eigenvalue weighted by Crippen LogP contribution is 2.72. The molecule has 8 saturated carbocycles. The fraction of sp³-hybridized carbons (Fsp3) is 0.658.